The topological polar surface area (TPSA) is 92.5 Å². The van der Waals surface area contributed by atoms with E-state index in [0.29, 0.717) is 10.9 Å². The molecule has 1 N–H and O–H groups in total. The molecule has 0 spiro atoms. The summed E-state index contributed by atoms with van der Waals surface area (Å²) in [7, 11) is -4.04. The fraction of sp³-hybridized carbons (Fsp3) is 0.200. The molecule has 0 unspecified atom stereocenters. The average molecular weight is 434 g/mol. The number of carbonyl (C=O) groups excluding carboxylic acids is 1. The van der Waals surface area contributed by atoms with Crippen LogP contribution in [0, 0.1) is 6.92 Å². The van der Waals surface area contributed by atoms with E-state index in [9.17, 15) is 13.2 Å². The molecule has 0 saturated carbocycles. The molecule has 3 aromatic rings. The molecule has 29 heavy (non-hydrogen) atoms. The lowest BCUT2D eigenvalue weighted by Gasteiger charge is -2.25. The van der Waals surface area contributed by atoms with Gasteiger partial charge in [-0.2, -0.15) is 0 Å². The third kappa shape index (κ3) is 4.78. The zero-order valence-corrected chi connectivity index (χ0v) is 17.7. The number of aryl methyl sites for hydroxylation is 1. The van der Waals surface area contributed by atoms with Gasteiger partial charge in [0.2, 0.25) is 5.88 Å². The smallest absolute Gasteiger partial charge is 0.320 e. The second-order valence-electron chi connectivity index (χ2n) is 6.69. The molecule has 3 rings (SSSR count). The molecule has 1 amide bonds. The van der Waals surface area contributed by atoms with Crippen molar-refractivity contribution < 1.29 is 17.6 Å². The van der Waals surface area contributed by atoms with E-state index in [4.69, 9.17) is 16.0 Å². The van der Waals surface area contributed by atoms with Gasteiger partial charge in [0.25, 0.3) is 15.9 Å². The highest BCUT2D eigenvalue weighted by Crippen LogP contribution is 2.29. The fourth-order valence-electron chi connectivity index (χ4n) is 2.71. The van der Waals surface area contributed by atoms with Gasteiger partial charge in [0.05, 0.1) is 11.1 Å². The monoisotopic (exact) mass is 433 g/mol. The Morgan fingerprint density at radius 3 is 2.31 bits per heavy atom. The summed E-state index contributed by atoms with van der Waals surface area (Å²) in [5.74, 6) is -0.993. The molecule has 0 bridgehead atoms. The highest BCUT2D eigenvalue weighted by molar-refractivity contribution is 7.90. The molecular formula is C20H20ClN3O4S. The van der Waals surface area contributed by atoms with Gasteiger partial charge in [-0.15, -0.1) is 0 Å². The molecule has 9 heteroatoms. The van der Waals surface area contributed by atoms with Gasteiger partial charge in [-0.3, -0.25) is 4.79 Å². The van der Waals surface area contributed by atoms with Crippen molar-refractivity contribution in [3.63, 3.8) is 0 Å². The molecule has 152 valence electrons. The Balaban J connectivity index is 1.83. The lowest BCUT2D eigenvalue weighted by molar-refractivity contribution is 0.0948. The van der Waals surface area contributed by atoms with Crippen LogP contribution in [0.2, 0.25) is 5.02 Å². The van der Waals surface area contributed by atoms with Crippen LogP contribution in [0.1, 0.15) is 30.1 Å². The summed E-state index contributed by atoms with van der Waals surface area (Å²) in [5.41, 5.74) is 1.70. The molecule has 0 fully saturated rings. The van der Waals surface area contributed by atoms with E-state index >= 15 is 0 Å². The van der Waals surface area contributed by atoms with Crippen LogP contribution in [0.5, 0.6) is 0 Å². The number of benzene rings is 2. The van der Waals surface area contributed by atoms with Crippen molar-refractivity contribution >= 4 is 39.1 Å². The van der Waals surface area contributed by atoms with Gasteiger partial charge in [-0.25, -0.2) is 18.1 Å². The van der Waals surface area contributed by atoms with Crippen molar-refractivity contribution in [1.29, 1.82) is 0 Å². The van der Waals surface area contributed by atoms with E-state index in [2.05, 4.69) is 4.98 Å². The number of oxazole rings is 1. The van der Waals surface area contributed by atoms with Crippen LogP contribution in [-0.2, 0) is 10.0 Å². The first-order chi connectivity index (χ1) is 13.7. The number of nitrogens with zero attached hydrogens (tertiary/aromatic N) is 2. The van der Waals surface area contributed by atoms with Gasteiger partial charge in [0, 0.05) is 16.8 Å². The molecule has 7 nitrogen and oxygen atoms in total. The maximum absolute atomic E-state index is 12.4. The molecule has 2 aromatic carbocycles. The fourth-order valence-corrected chi connectivity index (χ4v) is 3.78. The van der Waals surface area contributed by atoms with Crippen molar-refractivity contribution in [2.75, 3.05) is 4.90 Å². The molecule has 0 aliphatic carbocycles. The first-order valence-electron chi connectivity index (χ1n) is 8.82. The molecule has 0 aliphatic heterocycles. The molecule has 0 atom stereocenters. The summed E-state index contributed by atoms with van der Waals surface area (Å²) in [6.07, 6.45) is 1.38. The minimum atomic E-state index is -4.04. The van der Waals surface area contributed by atoms with Crippen LogP contribution < -0.4 is 9.62 Å². The maximum Gasteiger partial charge on any atom is 0.320 e. The maximum atomic E-state index is 12.4. The lowest BCUT2D eigenvalue weighted by Crippen LogP contribution is -2.30. The summed E-state index contributed by atoms with van der Waals surface area (Å²) < 4.78 is 32.3. The van der Waals surface area contributed by atoms with Gasteiger partial charge >= 0.3 is 5.91 Å². The zero-order valence-electron chi connectivity index (χ0n) is 16.1. The van der Waals surface area contributed by atoms with Crippen LogP contribution in [-0.4, -0.2) is 25.4 Å². The molecule has 1 heterocycles. The van der Waals surface area contributed by atoms with Crippen molar-refractivity contribution in [2.45, 2.75) is 31.7 Å². The number of amides is 1. The van der Waals surface area contributed by atoms with Crippen LogP contribution in [0.4, 0.5) is 11.6 Å². The largest absolute Gasteiger partial charge is 0.416 e. The van der Waals surface area contributed by atoms with E-state index in [1.807, 2.05) is 42.5 Å². The average Bonchev–Trinajstić information content (AvgIpc) is 3.13. The molecule has 0 saturated heterocycles. The highest BCUT2D eigenvalue weighted by atomic mass is 35.5. The van der Waals surface area contributed by atoms with E-state index in [1.54, 1.807) is 24.3 Å². The van der Waals surface area contributed by atoms with Gasteiger partial charge in [-0.1, -0.05) is 29.3 Å². The molecule has 0 radical (unpaired) electrons. The Kier molecular flexibility index (Phi) is 5.95. The molecular weight excluding hydrogens is 414 g/mol. The number of sulfonamides is 1. The third-order valence-electron chi connectivity index (χ3n) is 4.10. The Labute approximate surface area is 174 Å². The van der Waals surface area contributed by atoms with E-state index < -0.39 is 15.9 Å². The summed E-state index contributed by atoms with van der Waals surface area (Å²) in [5, 5.41) is 0.594. The first-order valence-corrected chi connectivity index (χ1v) is 10.7. The standard InChI is InChI=1S/C20H20ClN3O4S/c1-13(2)24(16-8-6-15(21)7-9-16)18-12-22-20(28-18)19(25)23-29(26,27)17-10-4-14(3)5-11-17/h4-13H,1-3H3,(H,23,25). The SMILES string of the molecule is Cc1ccc(S(=O)(=O)NC(=O)c2ncc(N(c3ccc(Cl)cc3)C(C)C)o2)cc1. The predicted molar refractivity (Wildman–Crippen MR) is 111 cm³/mol. The number of carbonyl (C=O) groups is 1. The Bertz CT molecular complexity index is 1110. The lowest BCUT2D eigenvalue weighted by atomic mass is 10.2. The zero-order chi connectivity index (χ0) is 21.2. The summed E-state index contributed by atoms with van der Waals surface area (Å²) >= 11 is 5.94. The number of halogens is 1. The number of anilines is 2. The number of hydrogen-bond donors (Lipinski definition) is 1. The van der Waals surface area contributed by atoms with E-state index in [-0.39, 0.29) is 16.8 Å². The quantitative estimate of drug-likeness (QED) is 0.623. The Morgan fingerprint density at radius 2 is 1.72 bits per heavy atom. The predicted octanol–water partition coefficient (Wildman–Crippen LogP) is 4.30. The normalized spacial score (nSPS) is 11.5. The van der Waals surface area contributed by atoms with Crippen molar-refractivity contribution in [3.05, 3.63) is 71.2 Å². The second-order valence-corrected chi connectivity index (χ2v) is 8.81. The van der Waals surface area contributed by atoms with E-state index in [1.165, 1.54) is 18.3 Å². The second kappa shape index (κ2) is 8.26. The van der Waals surface area contributed by atoms with Gasteiger partial charge in [0.1, 0.15) is 0 Å². The minimum Gasteiger partial charge on any atom is -0.416 e. The van der Waals surface area contributed by atoms with Crippen molar-refractivity contribution in [1.82, 2.24) is 9.71 Å². The summed E-state index contributed by atoms with van der Waals surface area (Å²) in [4.78, 5) is 18.1. The minimum absolute atomic E-state index is 0.0173. The van der Waals surface area contributed by atoms with Crippen LogP contribution in [0.25, 0.3) is 0 Å². The Hall–Kier alpha value is -2.84. The van der Waals surface area contributed by atoms with Crippen molar-refractivity contribution in [3.8, 4) is 0 Å². The third-order valence-corrected chi connectivity index (χ3v) is 5.70. The number of hydrogen-bond acceptors (Lipinski definition) is 6. The van der Waals surface area contributed by atoms with Crippen LogP contribution >= 0.6 is 11.6 Å². The van der Waals surface area contributed by atoms with Crippen molar-refractivity contribution in [2.24, 2.45) is 0 Å². The first kappa shape index (κ1) is 20.9. The Morgan fingerprint density at radius 1 is 1.10 bits per heavy atom. The van der Waals surface area contributed by atoms with Crippen LogP contribution in [0.15, 0.2) is 64.0 Å². The number of rotatable bonds is 6. The van der Waals surface area contributed by atoms with Gasteiger partial charge < -0.3 is 9.32 Å². The summed E-state index contributed by atoms with van der Waals surface area (Å²) in [6.45, 7) is 5.72. The van der Waals surface area contributed by atoms with E-state index in [0.717, 1.165) is 11.3 Å². The number of nitrogens with one attached hydrogen (secondary N) is 1. The number of aromatic nitrogens is 1. The van der Waals surface area contributed by atoms with Crippen LogP contribution in [0.3, 0.4) is 0 Å². The highest BCUT2D eigenvalue weighted by Gasteiger charge is 2.24. The molecule has 0 aliphatic rings. The van der Waals surface area contributed by atoms with Gasteiger partial charge in [-0.05, 0) is 57.2 Å². The molecule has 1 aromatic heterocycles. The van der Waals surface area contributed by atoms with Gasteiger partial charge in [0.15, 0.2) is 0 Å². The summed E-state index contributed by atoms with van der Waals surface area (Å²) in [6, 6.07) is 13.2.